The number of hydrogen-bond acceptors (Lipinski definition) is 6. The first-order valence-electron chi connectivity index (χ1n) is 8.00. The summed E-state index contributed by atoms with van der Waals surface area (Å²) in [5.41, 5.74) is -0.403. The second kappa shape index (κ2) is 5.73. The van der Waals surface area contributed by atoms with Gasteiger partial charge in [-0.2, -0.15) is 8.42 Å². The molecule has 0 aromatic carbocycles. The minimum atomic E-state index is -4.16. The summed E-state index contributed by atoms with van der Waals surface area (Å²) in [6.45, 7) is 1.42. The van der Waals surface area contributed by atoms with Crippen LogP contribution in [0.4, 0.5) is 0 Å². The lowest BCUT2D eigenvalue weighted by atomic mass is 9.53. The second-order valence-electron chi connectivity index (χ2n) is 7.24. The van der Waals surface area contributed by atoms with Crippen molar-refractivity contribution in [3.63, 3.8) is 0 Å². The van der Waals surface area contributed by atoms with Gasteiger partial charge in [0.1, 0.15) is 11.7 Å². The quantitative estimate of drug-likeness (QED) is 0.591. The number of hydrogen-bond donors (Lipinski definition) is 1. The molecule has 4 saturated carbocycles. The first-order chi connectivity index (χ1) is 10.7. The van der Waals surface area contributed by atoms with E-state index in [1.165, 1.54) is 6.92 Å². The van der Waals surface area contributed by atoms with E-state index in [4.69, 9.17) is 14.0 Å². The summed E-state index contributed by atoms with van der Waals surface area (Å²) in [4.78, 5) is 23.2. The van der Waals surface area contributed by atoms with Crippen molar-refractivity contribution in [1.29, 1.82) is 0 Å². The molecule has 4 bridgehead atoms. The van der Waals surface area contributed by atoms with E-state index in [9.17, 15) is 18.0 Å². The van der Waals surface area contributed by atoms with Crippen molar-refractivity contribution in [3.8, 4) is 0 Å². The van der Waals surface area contributed by atoms with E-state index in [2.05, 4.69) is 0 Å². The standard InChI is InChI=1S/C15H22O7S/c1-9(16)22-15-6-10-4-11(7-15)14(12(5-10)8-15)21-13(17)2-3-23(18,19)20/h10-12,14H,2-8H2,1H3,(H,18,19,20). The van der Waals surface area contributed by atoms with Crippen molar-refractivity contribution in [2.45, 2.75) is 57.2 Å². The molecule has 0 saturated heterocycles. The van der Waals surface area contributed by atoms with E-state index in [-0.39, 0.29) is 30.3 Å². The normalized spacial score (nSPS) is 38.3. The Bertz CT molecular complexity index is 595. The van der Waals surface area contributed by atoms with Crippen LogP contribution in [0.1, 0.15) is 45.4 Å². The van der Waals surface area contributed by atoms with Crippen LogP contribution in [0.3, 0.4) is 0 Å². The van der Waals surface area contributed by atoms with Crippen LogP contribution in [0.5, 0.6) is 0 Å². The predicted octanol–water partition coefficient (Wildman–Crippen LogP) is 1.32. The second-order valence-corrected chi connectivity index (χ2v) is 8.81. The van der Waals surface area contributed by atoms with Crippen LogP contribution in [0, 0.1) is 17.8 Å². The lowest BCUT2D eigenvalue weighted by molar-refractivity contribution is -0.214. The van der Waals surface area contributed by atoms with Crippen molar-refractivity contribution in [2.75, 3.05) is 5.75 Å². The average Bonchev–Trinajstić information content (AvgIpc) is 2.37. The SMILES string of the molecule is CC(=O)OC12CC3CC(C1)C(OC(=O)CCS(=O)(=O)O)C(C3)C2. The third-order valence-corrected chi connectivity index (χ3v) is 6.04. The summed E-state index contributed by atoms with van der Waals surface area (Å²) in [5.74, 6) is -0.658. The zero-order chi connectivity index (χ0) is 16.8. The molecule has 4 aliphatic carbocycles. The molecule has 2 atom stereocenters. The van der Waals surface area contributed by atoms with Crippen molar-refractivity contribution in [3.05, 3.63) is 0 Å². The number of esters is 2. The molecule has 23 heavy (non-hydrogen) atoms. The van der Waals surface area contributed by atoms with E-state index in [0.717, 1.165) is 19.3 Å². The van der Waals surface area contributed by atoms with Gasteiger partial charge in [0.15, 0.2) is 0 Å². The van der Waals surface area contributed by atoms with E-state index in [1.807, 2.05) is 0 Å². The van der Waals surface area contributed by atoms with Gasteiger partial charge in [-0.05, 0) is 38.0 Å². The maximum Gasteiger partial charge on any atom is 0.307 e. The van der Waals surface area contributed by atoms with E-state index in [0.29, 0.717) is 18.8 Å². The predicted molar refractivity (Wildman–Crippen MR) is 79.0 cm³/mol. The zero-order valence-electron chi connectivity index (χ0n) is 13.1. The van der Waals surface area contributed by atoms with E-state index >= 15 is 0 Å². The highest BCUT2D eigenvalue weighted by Gasteiger charge is 2.58. The largest absolute Gasteiger partial charge is 0.462 e. The van der Waals surface area contributed by atoms with Crippen LogP contribution in [-0.2, 0) is 29.2 Å². The number of rotatable bonds is 5. The Morgan fingerprint density at radius 1 is 1.17 bits per heavy atom. The van der Waals surface area contributed by atoms with Crippen LogP contribution >= 0.6 is 0 Å². The highest BCUT2D eigenvalue weighted by molar-refractivity contribution is 7.85. The van der Waals surface area contributed by atoms with Crippen molar-refractivity contribution in [2.24, 2.45) is 17.8 Å². The van der Waals surface area contributed by atoms with Gasteiger partial charge in [-0.1, -0.05) is 0 Å². The summed E-state index contributed by atoms with van der Waals surface area (Å²) in [5, 5.41) is 0. The third kappa shape index (κ3) is 3.68. The molecule has 1 N–H and O–H groups in total. The Morgan fingerprint density at radius 3 is 2.30 bits per heavy atom. The molecule has 2 unspecified atom stereocenters. The zero-order valence-corrected chi connectivity index (χ0v) is 13.9. The van der Waals surface area contributed by atoms with Gasteiger partial charge in [0.05, 0.1) is 12.2 Å². The smallest absolute Gasteiger partial charge is 0.307 e. The first-order valence-corrected chi connectivity index (χ1v) is 9.61. The number of carbonyl (C=O) groups excluding carboxylic acids is 2. The minimum Gasteiger partial charge on any atom is -0.462 e. The van der Waals surface area contributed by atoms with E-state index < -0.39 is 27.4 Å². The highest BCUT2D eigenvalue weighted by Crippen LogP contribution is 2.58. The molecule has 7 nitrogen and oxygen atoms in total. The minimum absolute atomic E-state index is 0.162. The molecule has 0 aliphatic heterocycles. The van der Waals surface area contributed by atoms with Crippen molar-refractivity contribution >= 4 is 22.1 Å². The first kappa shape index (κ1) is 16.7. The van der Waals surface area contributed by atoms with Gasteiger partial charge in [0, 0.05) is 18.8 Å². The summed E-state index contributed by atoms with van der Waals surface area (Å²) < 4.78 is 41.3. The number of carbonyl (C=O) groups is 2. The van der Waals surface area contributed by atoms with Gasteiger partial charge in [-0.25, -0.2) is 0 Å². The molecule has 0 spiro atoms. The van der Waals surface area contributed by atoms with Gasteiger partial charge < -0.3 is 9.47 Å². The average molecular weight is 346 g/mol. The Morgan fingerprint density at radius 2 is 1.78 bits per heavy atom. The molecule has 4 aliphatic rings. The van der Waals surface area contributed by atoms with Crippen molar-refractivity contribution < 1.29 is 32.0 Å². The van der Waals surface area contributed by atoms with Crippen LogP contribution in [0.25, 0.3) is 0 Å². The molecule has 0 amide bonds. The molecule has 8 heteroatoms. The van der Waals surface area contributed by atoms with Gasteiger partial charge >= 0.3 is 11.9 Å². The number of ether oxygens (including phenoxy) is 2. The summed E-state index contributed by atoms with van der Waals surface area (Å²) in [6.07, 6.45) is 3.64. The molecular formula is C15H22O7S. The lowest BCUT2D eigenvalue weighted by Crippen LogP contribution is -2.59. The Balaban J connectivity index is 1.63. The highest BCUT2D eigenvalue weighted by atomic mass is 32.2. The van der Waals surface area contributed by atoms with Crippen LogP contribution in [0.15, 0.2) is 0 Å². The molecule has 0 aromatic rings. The Kier molecular flexibility index (Phi) is 4.16. The fraction of sp³-hybridized carbons (Fsp3) is 0.867. The summed E-state index contributed by atoms with van der Waals surface area (Å²) >= 11 is 0. The van der Waals surface area contributed by atoms with Gasteiger partial charge in [-0.3, -0.25) is 14.1 Å². The Labute approximate surface area is 135 Å². The fourth-order valence-corrected chi connectivity index (χ4v) is 5.37. The maximum atomic E-state index is 11.9. The molecule has 0 radical (unpaired) electrons. The molecular weight excluding hydrogens is 324 g/mol. The molecule has 0 aromatic heterocycles. The van der Waals surface area contributed by atoms with Gasteiger partial charge in [-0.15, -0.1) is 0 Å². The van der Waals surface area contributed by atoms with Crippen LogP contribution in [-0.4, -0.2) is 42.4 Å². The maximum absolute atomic E-state index is 11.9. The lowest BCUT2D eigenvalue weighted by Gasteiger charge is -2.58. The monoisotopic (exact) mass is 346 g/mol. The van der Waals surface area contributed by atoms with Gasteiger partial charge in [0.25, 0.3) is 10.1 Å². The van der Waals surface area contributed by atoms with Gasteiger partial charge in [0.2, 0.25) is 0 Å². The fourth-order valence-electron chi connectivity index (χ4n) is 4.95. The van der Waals surface area contributed by atoms with Crippen molar-refractivity contribution in [1.82, 2.24) is 0 Å². The molecule has 0 heterocycles. The van der Waals surface area contributed by atoms with Crippen LogP contribution < -0.4 is 0 Å². The Hall–Kier alpha value is -1.15. The van der Waals surface area contributed by atoms with Crippen LogP contribution in [0.2, 0.25) is 0 Å². The van der Waals surface area contributed by atoms with E-state index in [1.54, 1.807) is 0 Å². The third-order valence-electron chi connectivity index (χ3n) is 5.32. The molecule has 4 rings (SSSR count). The molecule has 130 valence electrons. The molecule has 4 fully saturated rings. The summed E-state index contributed by atoms with van der Waals surface area (Å²) in [7, 11) is -4.16. The topological polar surface area (TPSA) is 107 Å². The summed E-state index contributed by atoms with van der Waals surface area (Å²) in [6, 6.07) is 0.